The topological polar surface area (TPSA) is 198 Å². The minimum absolute atomic E-state index is 0.00939. The lowest BCUT2D eigenvalue weighted by Gasteiger charge is -2.29. The average molecular weight is 1110 g/mol. The number of phenolic OH excluding ortho intramolecular Hbond substituents is 1. The molecule has 14 nitrogen and oxygen atoms in total. The van der Waals surface area contributed by atoms with Crippen LogP contribution in [0.2, 0.25) is 0 Å². The zero-order valence-corrected chi connectivity index (χ0v) is 44.2. The summed E-state index contributed by atoms with van der Waals surface area (Å²) in [5, 5.41) is 15.6. The van der Waals surface area contributed by atoms with Crippen LogP contribution in [0.5, 0.6) is 23.0 Å². The molecule has 4 aromatic rings. The van der Waals surface area contributed by atoms with Crippen LogP contribution in [0.25, 0.3) is 0 Å². The Labute approximate surface area is 420 Å². The average Bonchev–Trinajstić information content (AvgIpc) is 3.29. The lowest BCUT2D eigenvalue weighted by atomic mass is 9.85. The van der Waals surface area contributed by atoms with Crippen LogP contribution in [0, 0.1) is 23.5 Å². The molecule has 0 aromatic heterocycles. The smallest absolute Gasteiger partial charge is 0.240 e. The molecule has 2 fully saturated rings. The van der Waals surface area contributed by atoms with Crippen molar-refractivity contribution in [1.29, 1.82) is 0 Å². The number of sulfonamides is 2. The summed E-state index contributed by atoms with van der Waals surface area (Å²) in [4.78, 5) is 25.4. The third kappa shape index (κ3) is 18.0. The molecular formula is C50H67F2IN4O10S2. The second kappa shape index (κ2) is 26.6. The molecule has 5 N–H and O–H groups in total. The highest BCUT2D eigenvalue weighted by Gasteiger charge is 2.32. The van der Waals surface area contributed by atoms with Gasteiger partial charge in [-0.3, -0.25) is 9.59 Å². The van der Waals surface area contributed by atoms with Crippen LogP contribution in [0.4, 0.5) is 8.78 Å². The predicted octanol–water partition coefficient (Wildman–Crippen LogP) is 9.42. The SMILES string of the molecule is CC(C)I.COc1cc(S(=O)(=O)NC2CCC(C(=O)N[C@H](C)c3ccc(F)cc3)CC2)ccc1O.COc1cc(S(=O)(=O)NC2CCC(C(=O)N[C@H](C)c3ccc(F)cc3)CC2)ccc1OC(C)C. The van der Waals surface area contributed by atoms with E-state index in [9.17, 15) is 40.3 Å². The van der Waals surface area contributed by atoms with E-state index in [-0.39, 0.29) is 86.8 Å². The number of amides is 2. The molecule has 0 aliphatic heterocycles. The summed E-state index contributed by atoms with van der Waals surface area (Å²) in [5.74, 6) is -0.389. The Kier molecular flexibility index (Phi) is 22.0. The Hall–Kier alpha value is -4.57. The molecule has 0 unspecified atom stereocenters. The van der Waals surface area contributed by atoms with Crippen LogP contribution >= 0.6 is 22.6 Å². The summed E-state index contributed by atoms with van der Waals surface area (Å²) in [7, 11) is -4.71. The van der Waals surface area contributed by atoms with Crippen LogP contribution in [-0.2, 0) is 29.6 Å². The summed E-state index contributed by atoms with van der Waals surface area (Å²) >= 11 is 2.34. The highest BCUT2D eigenvalue weighted by Crippen LogP contribution is 2.33. The quantitative estimate of drug-likeness (QED) is 0.0532. The van der Waals surface area contributed by atoms with E-state index in [4.69, 9.17) is 14.2 Å². The van der Waals surface area contributed by atoms with Crippen LogP contribution in [0.3, 0.4) is 0 Å². The van der Waals surface area contributed by atoms with Gasteiger partial charge in [0.05, 0.1) is 42.2 Å². The molecule has 2 aliphatic rings. The van der Waals surface area contributed by atoms with Gasteiger partial charge in [0, 0.05) is 40.0 Å². The van der Waals surface area contributed by atoms with Gasteiger partial charge in [0.15, 0.2) is 23.0 Å². The van der Waals surface area contributed by atoms with Gasteiger partial charge < -0.3 is 30.0 Å². The van der Waals surface area contributed by atoms with Crippen molar-refractivity contribution in [3.8, 4) is 23.0 Å². The Morgan fingerprint density at radius 2 is 0.942 bits per heavy atom. The standard InChI is InChI=1S/C25H33FN2O5S.C22H27FN2O5S.C3H7I/c1-16(2)33-23-14-13-22(15-24(23)32-4)34(30,31)28-21-11-7-19(8-12-21)25(29)27-17(3)18-5-9-20(26)10-6-18;1-14(15-3-7-17(23)8-4-15)24-22(27)16-5-9-18(10-6-16)25-31(28,29)19-11-12-20(26)21(13-19)30-2;1-3(2)4/h5-6,9-10,13-17,19,21,28H,7-8,11-12H2,1-4H3,(H,27,29);3-4,7-8,11-14,16,18,25-26H,5-6,9-10H2,1-2H3,(H,24,27);3H,1-2H3/t17-,19?,21?;14-,16?,18?;/m11./s1. The van der Waals surface area contributed by atoms with Gasteiger partial charge in [-0.15, -0.1) is 0 Å². The highest BCUT2D eigenvalue weighted by atomic mass is 127. The molecule has 2 amide bonds. The van der Waals surface area contributed by atoms with Gasteiger partial charge >= 0.3 is 0 Å². The summed E-state index contributed by atoms with van der Waals surface area (Å²) in [6.45, 7) is 11.8. The van der Waals surface area contributed by atoms with Crippen molar-refractivity contribution in [2.75, 3.05) is 14.2 Å². The predicted molar refractivity (Wildman–Crippen MR) is 271 cm³/mol. The Morgan fingerprint density at radius 1 is 0.580 bits per heavy atom. The van der Waals surface area contributed by atoms with Gasteiger partial charge in [-0.1, -0.05) is 60.7 Å². The fourth-order valence-corrected chi connectivity index (χ4v) is 10.5. The van der Waals surface area contributed by atoms with Gasteiger partial charge in [-0.05, 0) is 139 Å². The van der Waals surface area contributed by atoms with Crippen LogP contribution < -0.4 is 34.3 Å². The van der Waals surface area contributed by atoms with Gasteiger partial charge in [0.2, 0.25) is 31.9 Å². The van der Waals surface area contributed by atoms with Crippen molar-refractivity contribution in [2.45, 2.75) is 137 Å². The zero-order chi connectivity index (χ0) is 51.1. The third-order valence-electron chi connectivity index (χ3n) is 11.6. The van der Waals surface area contributed by atoms with E-state index >= 15 is 0 Å². The number of hydrogen-bond donors (Lipinski definition) is 5. The maximum absolute atomic E-state index is 13.1. The molecular weight excluding hydrogens is 1050 g/mol. The molecule has 0 heterocycles. The van der Waals surface area contributed by atoms with Gasteiger partial charge in [0.25, 0.3) is 0 Å². The molecule has 6 rings (SSSR count). The molecule has 0 saturated heterocycles. The van der Waals surface area contributed by atoms with Gasteiger partial charge in [-0.2, -0.15) is 0 Å². The summed E-state index contributed by atoms with van der Waals surface area (Å²) < 4.78 is 99.6. The number of methoxy groups -OCH3 is 2. The molecule has 69 heavy (non-hydrogen) atoms. The minimum Gasteiger partial charge on any atom is -0.504 e. The first-order chi connectivity index (χ1) is 32.5. The van der Waals surface area contributed by atoms with Crippen molar-refractivity contribution in [3.05, 3.63) is 108 Å². The second-order valence-corrected chi connectivity index (χ2v) is 23.6. The second-order valence-electron chi connectivity index (χ2n) is 17.7. The molecule has 0 spiro atoms. The van der Waals surface area contributed by atoms with Gasteiger partial charge in [0.1, 0.15) is 11.6 Å². The van der Waals surface area contributed by atoms with E-state index in [1.165, 1.54) is 68.8 Å². The Morgan fingerprint density at radius 3 is 1.30 bits per heavy atom. The minimum atomic E-state index is -3.78. The summed E-state index contributed by atoms with van der Waals surface area (Å²) in [5.41, 5.74) is 1.65. The Bertz CT molecular complexity index is 2500. The van der Waals surface area contributed by atoms with Crippen molar-refractivity contribution in [2.24, 2.45) is 11.8 Å². The fourth-order valence-electron chi connectivity index (χ4n) is 7.85. The van der Waals surface area contributed by atoms with E-state index in [1.807, 2.05) is 27.7 Å². The third-order valence-corrected chi connectivity index (χ3v) is 14.6. The number of halogens is 3. The van der Waals surface area contributed by atoms with Gasteiger partial charge in [-0.25, -0.2) is 35.1 Å². The zero-order valence-electron chi connectivity index (χ0n) is 40.4. The number of alkyl halides is 1. The van der Waals surface area contributed by atoms with Crippen LogP contribution in [-0.4, -0.2) is 70.1 Å². The lowest BCUT2D eigenvalue weighted by Crippen LogP contribution is -2.41. The van der Waals surface area contributed by atoms with E-state index in [0.717, 1.165) is 15.1 Å². The number of phenols is 1. The first kappa shape index (κ1) is 57.0. The highest BCUT2D eigenvalue weighted by molar-refractivity contribution is 14.1. The van der Waals surface area contributed by atoms with Crippen molar-refractivity contribution in [3.63, 3.8) is 0 Å². The Balaban J connectivity index is 0.000000280. The monoisotopic (exact) mass is 1110 g/mol. The molecule has 0 radical (unpaired) electrons. The summed E-state index contributed by atoms with van der Waals surface area (Å²) in [6, 6.07) is 19.5. The number of rotatable bonds is 16. The van der Waals surface area contributed by atoms with Crippen molar-refractivity contribution < 1.29 is 54.5 Å². The molecule has 2 saturated carbocycles. The van der Waals surface area contributed by atoms with E-state index < -0.39 is 20.0 Å². The van der Waals surface area contributed by atoms with E-state index in [2.05, 4.69) is 56.5 Å². The number of carbonyl (C=O) groups excluding carboxylic acids is 2. The van der Waals surface area contributed by atoms with Crippen LogP contribution in [0.1, 0.15) is 116 Å². The number of benzene rings is 4. The van der Waals surface area contributed by atoms with E-state index in [0.29, 0.717) is 62.9 Å². The number of hydrogen-bond acceptors (Lipinski definition) is 10. The number of carbonyl (C=O) groups is 2. The molecule has 19 heteroatoms. The first-order valence-corrected chi connectivity index (χ1v) is 27.2. The van der Waals surface area contributed by atoms with E-state index in [1.54, 1.807) is 30.3 Å². The van der Waals surface area contributed by atoms with Crippen molar-refractivity contribution >= 4 is 54.5 Å². The molecule has 2 aliphatic carbocycles. The maximum atomic E-state index is 13.1. The normalized spacial score (nSPS) is 19.1. The molecule has 4 aromatic carbocycles. The lowest BCUT2D eigenvalue weighted by molar-refractivity contribution is -0.127. The van der Waals surface area contributed by atoms with Crippen LogP contribution in [0.15, 0.2) is 94.7 Å². The largest absolute Gasteiger partial charge is 0.504 e. The molecule has 2 atom stereocenters. The van der Waals surface area contributed by atoms with Crippen molar-refractivity contribution in [1.82, 2.24) is 20.1 Å². The molecule has 380 valence electrons. The number of ether oxygens (including phenoxy) is 3. The first-order valence-electron chi connectivity index (χ1n) is 23.0. The number of aromatic hydroxyl groups is 1. The summed E-state index contributed by atoms with van der Waals surface area (Å²) in [6.07, 6.45) is 4.43. The number of nitrogens with one attached hydrogen (secondary N) is 4. The maximum Gasteiger partial charge on any atom is 0.240 e. The molecule has 0 bridgehead atoms. The fraction of sp³-hybridized carbons (Fsp3) is 0.480.